The number of imidazole rings is 1. The van der Waals surface area contributed by atoms with E-state index in [1.807, 2.05) is 9.99 Å². The topological polar surface area (TPSA) is 30.2 Å². The van der Waals surface area contributed by atoms with Crippen molar-refractivity contribution >= 4 is 28.6 Å². The van der Waals surface area contributed by atoms with Crippen molar-refractivity contribution in [3.63, 3.8) is 0 Å². The monoisotopic (exact) mass is 221 g/mol. The van der Waals surface area contributed by atoms with Crippen LogP contribution in [0.2, 0.25) is 0 Å². The molecule has 0 fully saturated rings. The van der Waals surface area contributed by atoms with Gasteiger partial charge in [-0.15, -0.1) is 11.3 Å². The molecule has 0 saturated heterocycles. The Kier molecular flexibility index (Phi) is 1.68. The summed E-state index contributed by atoms with van der Waals surface area (Å²) >= 11 is 3.35. The zero-order valence-electron chi connectivity index (χ0n) is 7.47. The molecule has 0 aliphatic carbocycles. The fraction of sp³-hybridized carbons (Fsp3) is 0.111. The van der Waals surface area contributed by atoms with Crippen LogP contribution in [0.25, 0.3) is 15.7 Å². The third-order valence-electron chi connectivity index (χ3n) is 1.92. The number of rotatable bonds is 1. The highest BCUT2D eigenvalue weighted by atomic mass is 32.1. The molecular weight excluding hydrogens is 214 g/mol. The van der Waals surface area contributed by atoms with Gasteiger partial charge in [-0.1, -0.05) is 0 Å². The maximum Gasteiger partial charge on any atom is 0.244 e. The van der Waals surface area contributed by atoms with Crippen LogP contribution in [-0.4, -0.2) is 13.8 Å². The van der Waals surface area contributed by atoms with Crippen molar-refractivity contribution in [2.75, 3.05) is 0 Å². The first-order valence-corrected chi connectivity index (χ1v) is 5.84. The van der Waals surface area contributed by atoms with Gasteiger partial charge in [0, 0.05) is 12.4 Å². The van der Waals surface area contributed by atoms with Crippen molar-refractivity contribution < 1.29 is 0 Å². The second kappa shape index (κ2) is 2.90. The Morgan fingerprint density at radius 2 is 2.36 bits per heavy atom. The molecule has 3 heterocycles. The van der Waals surface area contributed by atoms with Gasteiger partial charge in [0.05, 0.1) is 4.88 Å². The molecule has 3 aromatic rings. The molecule has 0 spiro atoms. The molecule has 0 aliphatic rings. The fourth-order valence-corrected chi connectivity index (χ4v) is 3.06. The van der Waals surface area contributed by atoms with Gasteiger partial charge < -0.3 is 0 Å². The molecule has 0 bridgehead atoms. The molecule has 0 aliphatic heterocycles. The normalized spacial score (nSPS) is 11.2. The standard InChI is InChI=1S/C9H7N3S2/c1-6-4-7(13-5-6)8-11-9-10-2-3-12(9)14-8/h2-5H,1H3. The maximum atomic E-state index is 4.44. The molecule has 0 aromatic carbocycles. The van der Waals surface area contributed by atoms with Crippen molar-refractivity contribution in [1.29, 1.82) is 0 Å². The molecule has 14 heavy (non-hydrogen) atoms. The van der Waals surface area contributed by atoms with Crippen LogP contribution in [0.4, 0.5) is 0 Å². The lowest BCUT2D eigenvalue weighted by Gasteiger charge is -1.84. The number of thiophene rings is 1. The Balaban J connectivity index is 2.18. The highest BCUT2D eigenvalue weighted by molar-refractivity contribution is 7.18. The Morgan fingerprint density at radius 3 is 3.07 bits per heavy atom. The minimum atomic E-state index is 0.788. The number of nitrogens with zero attached hydrogens (tertiary/aromatic N) is 3. The Morgan fingerprint density at radius 1 is 1.43 bits per heavy atom. The van der Waals surface area contributed by atoms with E-state index < -0.39 is 0 Å². The van der Waals surface area contributed by atoms with Crippen molar-refractivity contribution in [3.05, 3.63) is 29.4 Å². The molecular formula is C9H7N3S2. The van der Waals surface area contributed by atoms with Crippen molar-refractivity contribution in [3.8, 4) is 9.88 Å². The summed E-state index contributed by atoms with van der Waals surface area (Å²) in [7, 11) is 0. The van der Waals surface area contributed by atoms with Gasteiger partial charge in [0.1, 0.15) is 0 Å². The van der Waals surface area contributed by atoms with E-state index in [0.29, 0.717) is 0 Å². The lowest BCUT2D eigenvalue weighted by molar-refractivity contribution is 1.27. The van der Waals surface area contributed by atoms with E-state index in [1.165, 1.54) is 10.4 Å². The lowest BCUT2D eigenvalue weighted by atomic mass is 10.3. The summed E-state index contributed by atoms with van der Waals surface area (Å²) in [5.74, 6) is 0.788. The SMILES string of the molecule is Cc1csc(-c2nc3nccn3s2)c1. The molecule has 5 heteroatoms. The van der Waals surface area contributed by atoms with E-state index in [9.17, 15) is 0 Å². The zero-order valence-corrected chi connectivity index (χ0v) is 9.10. The molecule has 0 saturated carbocycles. The van der Waals surface area contributed by atoms with E-state index >= 15 is 0 Å². The molecule has 0 atom stereocenters. The quantitative estimate of drug-likeness (QED) is 0.632. The summed E-state index contributed by atoms with van der Waals surface area (Å²) in [6.07, 6.45) is 3.69. The smallest absolute Gasteiger partial charge is 0.237 e. The van der Waals surface area contributed by atoms with E-state index in [-0.39, 0.29) is 0 Å². The van der Waals surface area contributed by atoms with Crippen molar-refractivity contribution in [2.24, 2.45) is 0 Å². The summed E-state index contributed by atoms with van der Waals surface area (Å²) in [5, 5.41) is 3.19. The lowest BCUT2D eigenvalue weighted by Crippen LogP contribution is -1.71. The average molecular weight is 221 g/mol. The number of aromatic nitrogens is 3. The van der Waals surface area contributed by atoms with Crippen LogP contribution in [0.5, 0.6) is 0 Å². The first-order chi connectivity index (χ1) is 6.83. The van der Waals surface area contributed by atoms with Crippen molar-refractivity contribution in [2.45, 2.75) is 6.92 Å². The number of hydrogen-bond acceptors (Lipinski definition) is 4. The first kappa shape index (κ1) is 8.14. The third-order valence-corrected chi connectivity index (χ3v) is 4.07. The second-order valence-corrected chi connectivity index (χ2v) is 4.92. The molecule has 3 aromatic heterocycles. The summed E-state index contributed by atoms with van der Waals surface area (Å²) in [6.45, 7) is 2.10. The Hall–Kier alpha value is -1.20. The average Bonchev–Trinajstić information content (AvgIpc) is 2.75. The molecule has 3 nitrogen and oxygen atoms in total. The molecule has 0 amide bonds. The summed E-state index contributed by atoms with van der Waals surface area (Å²) in [6, 6.07) is 2.16. The Labute approximate surface area is 88.8 Å². The van der Waals surface area contributed by atoms with Gasteiger partial charge >= 0.3 is 0 Å². The zero-order chi connectivity index (χ0) is 9.54. The van der Waals surface area contributed by atoms with Crippen LogP contribution in [-0.2, 0) is 0 Å². The highest BCUT2D eigenvalue weighted by Gasteiger charge is 2.07. The van der Waals surface area contributed by atoms with Crippen molar-refractivity contribution in [1.82, 2.24) is 13.8 Å². The van der Waals surface area contributed by atoms with Gasteiger partial charge in [-0.3, -0.25) is 0 Å². The largest absolute Gasteiger partial charge is 0.244 e. The predicted molar refractivity (Wildman–Crippen MR) is 58.9 cm³/mol. The van der Waals surface area contributed by atoms with Crippen LogP contribution in [0, 0.1) is 6.92 Å². The maximum absolute atomic E-state index is 4.44. The summed E-state index contributed by atoms with van der Waals surface area (Å²) in [4.78, 5) is 9.80. The van der Waals surface area contributed by atoms with Crippen LogP contribution in [0.3, 0.4) is 0 Å². The molecule has 0 radical (unpaired) electrons. The van der Waals surface area contributed by atoms with E-state index in [0.717, 1.165) is 10.8 Å². The van der Waals surface area contributed by atoms with Crippen LogP contribution < -0.4 is 0 Å². The van der Waals surface area contributed by atoms with Gasteiger partial charge in [0.25, 0.3) is 0 Å². The van der Waals surface area contributed by atoms with Crippen LogP contribution >= 0.6 is 22.9 Å². The number of aryl methyl sites for hydroxylation is 1. The van der Waals surface area contributed by atoms with Gasteiger partial charge in [0.15, 0.2) is 5.01 Å². The third kappa shape index (κ3) is 1.17. The van der Waals surface area contributed by atoms with E-state index in [1.54, 1.807) is 29.1 Å². The van der Waals surface area contributed by atoms with Crippen LogP contribution in [0.15, 0.2) is 23.8 Å². The minimum Gasteiger partial charge on any atom is -0.237 e. The summed E-state index contributed by atoms with van der Waals surface area (Å²) < 4.78 is 1.98. The second-order valence-electron chi connectivity index (χ2n) is 3.05. The van der Waals surface area contributed by atoms with Crippen LogP contribution in [0.1, 0.15) is 5.56 Å². The molecule has 3 rings (SSSR count). The first-order valence-electron chi connectivity index (χ1n) is 4.19. The minimum absolute atomic E-state index is 0.788. The number of hydrogen-bond donors (Lipinski definition) is 0. The van der Waals surface area contributed by atoms with Gasteiger partial charge in [-0.2, -0.15) is 4.98 Å². The van der Waals surface area contributed by atoms with Gasteiger partial charge in [-0.05, 0) is 35.5 Å². The van der Waals surface area contributed by atoms with E-state index in [2.05, 4.69) is 28.3 Å². The number of fused-ring (bicyclic) bond motifs is 1. The van der Waals surface area contributed by atoms with Gasteiger partial charge in [0.2, 0.25) is 5.78 Å². The Bertz CT molecular complexity index is 547. The molecule has 70 valence electrons. The van der Waals surface area contributed by atoms with Gasteiger partial charge in [-0.25, -0.2) is 8.77 Å². The highest BCUT2D eigenvalue weighted by Crippen LogP contribution is 2.29. The fourth-order valence-electron chi connectivity index (χ4n) is 1.28. The summed E-state index contributed by atoms with van der Waals surface area (Å²) in [5.41, 5.74) is 1.29. The molecule has 0 unspecified atom stereocenters. The van der Waals surface area contributed by atoms with E-state index in [4.69, 9.17) is 0 Å². The molecule has 0 N–H and O–H groups in total. The predicted octanol–water partition coefficient (Wildman–Crippen LogP) is 2.83.